The van der Waals surface area contributed by atoms with E-state index in [2.05, 4.69) is 4.90 Å². The van der Waals surface area contributed by atoms with Gasteiger partial charge in [-0.2, -0.15) is 0 Å². The van der Waals surface area contributed by atoms with Crippen LogP contribution in [0.4, 0.5) is 0 Å². The van der Waals surface area contributed by atoms with E-state index in [4.69, 9.17) is 10.5 Å². The fraction of sp³-hybridized carbons (Fsp3) is 0.875. The molecule has 0 radical (unpaired) electrons. The lowest BCUT2D eigenvalue weighted by Crippen LogP contribution is -2.25. The van der Waals surface area contributed by atoms with Gasteiger partial charge in [0.25, 0.3) is 0 Å². The minimum absolute atomic E-state index is 0.215. The molecule has 64 valence electrons. The van der Waals surface area contributed by atoms with Crippen LogP contribution >= 0.6 is 0 Å². The Hall–Kier alpha value is -0.410. The van der Waals surface area contributed by atoms with Crippen molar-refractivity contribution in [3.8, 4) is 0 Å². The van der Waals surface area contributed by atoms with Gasteiger partial charge in [-0.25, -0.2) is 0 Å². The van der Waals surface area contributed by atoms with Crippen LogP contribution in [0.25, 0.3) is 0 Å². The Labute approximate surface area is 67.5 Å². The van der Waals surface area contributed by atoms with Crippen LogP contribution in [-0.4, -0.2) is 42.5 Å². The Kier molecular flexibility index (Phi) is 3.02. The average molecular weight is 156 g/mol. The van der Waals surface area contributed by atoms with Gasteiger partial charge in [0.15, 0.2) is 0 Å². The fourth-order valence-corrected chi connectivity index (χ4v) is 1.50. The van der Waals surface area contributed by atoms with E-state index < -0.39 is 0 Å². The third kappa shape index (κ3) is 2.60. The Bertz CT molecular complexity index is 147. The first-order valence-electron chi connectivity index (χ1n) is 4.08. The normalized spacial score (nSPS) is 28.5. The lowest BCUT2D eigenvalue weighted by atomic mass is 10.0. The molecular formula is C8H16N2O. The molecule has 0 bridgehead atoms. The van der Waals surface area contributed by atoms with Gasteiger partial charge in [0.05, 0.1) is 0 Å². The first kappa shape index (κ1) is 8.68. The van der Waals surface area contributed by atoms with Crippen molar-refractivity contribution in [3.63, 3.8) is 0 Å². The number of hydrogen-bond acceptors (Lipinski definition) is 3. The van der Waals surface area contributed by atoms with Crippen LogP contribution in [0, 0.1) is 11.3 Å². The molecule has 0 aliphatic carbocycles. The summed E-state index contributed by atoms with van der Waals surface area (Å²) in [6.07, 6.45) is 1.65. The molecule has 1 saturated heterocycles. The SMILES string of the molecule is CN1CCC(=N)CC(CO)C1. The van der Waals surface area contributed by atoms with Gasteiger partial charge in [-0.15, -0.1) is 0 Å². The topological polar surface area (TPSA) is 47.3 Å². The molecule has 0 saturated carbocycles. The molecule has 1 atom stereocenters. The van der Waals surface area contributed by atoms with Crippen LogP contribution in [0.2, 0.25) is 0 Å². The molecule has 1 fully saturated rings. The summed E-state index contributed by atoms with van der Waals surface area (Å²) in [5.41, 5.74) is 0.786. The zero-order valence-electron chi connectivity index (χ0n) is 7.01. The average Bonchev–Trinajstić information content (AvgIpc) is 2.13. The summed E-state index contributed by atoms with van der Waals surface area (Å²) in [4.78, 5) is 2.18. The summed E-state index contributed by atoms with van der Waals surface area (Å²) in [5.74, 6) is 0.287. The first-order chi connectivity index (χ1) is 5.22. The molecule has 3 heteroatoms. The van der Waals surface area contributed by atoms with E-state index >= 15 is 0 Å². The molecule has 0 aromatic carbocycles. The molecule has 1 unspecified atom stereocenters. The number of aliphatic hydroxyl groups is 1. The summed E-state index contributed by atoms with van der Waals surface area (Å²) < 4.78 is 0. The number of nitrogens with zero attached hydrogens (tertiary/aromatic N) is 1. The Morgan fingerprint density at radius 2 is 2.45 bits per heavy atom. The summed E-state index contributed by atoms with van der Waals surface area (Å²) in [7, 11) is 2.04. The highest BCUT2D eigenvalue weighted by atomic mass is 16.3. The van der Waals surface area contributed by atoms with Crippen LogP contribution in [0.3, 0.4) is 0 Å². The van der Waals surface area contributed by atoms with E-state index in [0.717, 1.165) is 31.6 Å². The molecule has 1 aliphatic rings. The molecule has 1 aliphatic heterocycles. The summed E-state index contributed by atoms with van der Waals surface area (Å²) >= 11 is 0. The van der Waals surface area contributed by atoms with Crippen molar-refractivity contribution in [2.24, 2.45) is 5.92 Å². The van der Waals surface area contributed by atoms with Crippen LogP contribution in [-0.2, 0) is 0 Å². The summed E-state index contributed by atoms with van der Waals surface area (Å²) in [6, 6.07) is 0. The molecule has 3 nitrogen and oxygen atoms in total. The van der Waals surface area contributed by atoms with Crippen LogP contribution < -0.4 is 0 Å². The molecule has 0 aromatic heterocycles. The van der Waals surface area contributed by atoms with Gasteiger partial charge in [-0.1, -0.05) is 0 Å². The molecular weight excluding hydrogens is 140 g/mol. The van der Waals surface area contributed by atoms with E-state index in [9.17, 15) is 0 Å². The number of nitrogens with one attached hydrogen (secondary N) is 1. The summed E-state index contributed by atoms with van der Waals surface area (Å²) in [6.45, 7) is 2.11. The second kappa shape index (κ2) is 3.83. The monoisotopic (exact) mass is 156 g/mol. The third-order valence-electron chi connectivity index (χ3n) is 2.16. The second-order valence-electron chi connectivity index (χ2n) is 3.37. The quantitative estimate of drug-likeness (QED) is 0.575. The largest absolute Gasteiger partial charge is 0.396 e. The van der Waals surface area contributed by atoms with E-state index in [-0.39, 0.29) is 12.5 Å². The highest BCUT2D eigenvalue weighted by molar-refractivity contribution is 5.81. The number of rotatable bonds is 1. The molecule has 11 heavy (non-hydrogen) atoms. The van der Waals surface area contributed by atoms with Crippen LogP contribution in [0.1, 0.15) is 12.8 Å². The van der Waals surface area contributed by atoms with Crippen molar-refractivity contribution in [1.29, 1.82) is 5.41 Å². The van der Waals surface area contributed by atoms with Gasteiger partial charge in [0.1, 0.15) is 0 Å². The van der Waals surface area contributed by atoms with E-state index in [1.165, 1.54) is 0 Å². The maximum atomic E-state index is 8.93. The Balaban J connectivity index is 2.47. The van der Waals surface area contributed by atoms with Crippen molar-refractivity contribution < 1.29 is 5.11 Å². The number of likely N-dealkylation sites (tertiary alicyclic amines) is 1. The molecule has 1 heterocycles. The van der Waals surface area contributed by atoms with Crippen molar-refractivity contribution in [3.05, 3.63) is 0 Å². The fourth-order valence-electron chi connectivity index (χ4n) is 1.50. The zero-order chi connectivity index (χ0) is 8.27. The van der Waals surface area contributed by atoms with E-state index in [1.807, 2.05) is 7.05 Å². The van der Waals surface area contributed by atoms with Crippen molar-refractivity contribution in [1.82, 2.24) is 4.90 Å². The van der Waals surface area contributed by atoms with Gasteiger partial charge < -0.3 is 15.4 Å². The molecule has 2 N–H and O–H groups in total. The van der Waals surface area contributed by atoms with E-state index in [1.54, 1.807) is 0 Å². The minimum Gasteiger partial charge on any atom is -0.396 e. The maximum absolute atomic E-state index is 8.93. The maximum Gasteiger partial charge on any atom is 0.0475 e. The minimum atomic E-state index is 0.215. The Morgan fingerprint density at radius 1 is 1.73 bits per heavy atom. The van der Waals surface area contributed by atoms with Crippen molar-refractivity contribution >= 4 is 5.71 Å². The highest BCUT2D eigenvalue weighted by Crippen LogP contribution is 2.11. The number of hydrogen-bond donors (Lipinski definition) is 2. The third-order valence-corrected chi connectivity index (χ3v) is 2.16. The van der Waals surface area contributed by atoms with Gasteiger partial charge in [0.2, 0.25) is 0 Å². The van der Waals surface area contributed by atoms with Gasteiger partial charge in [-0.3, -0.25) is 0 Å². The van der Waals surface area contributed by atoms with Gasteiger partial charge in [0, 0.05) is 25.4 Å². The molecule has 0 spiro atoms. The van der Waals surface area contributed by atoms with Gasteiger partial charge in [-0.05, 0) is 25.8 Å². The van der Waals surface area contributed by atoms with Crippen LogP contribution in [0.15, 0.2) is 0 Å². The van der Waals surface area contributed by atoms with Crippen LogP contribution in [0.5, 0.6) is 0 Å². The standard InChI is InChI=1S/C8H16N2O/c1-10-3-2-8(9)4-7(5-10)6-11/h7,9,11H,2-6H2,1H3. The molecule has 0 amide bonds. The lowest BCUT2D eigenvalue weighted by Gasteiger charge is -2.16. The lowest BCUT2D eigenvalue weighted by molar-refractivity contribution is 0.192. The number of aliphatic hydroxyl groups excluding tert-OH is 1. The zero-order valence-corrected chi connectivity index (χ0v) is 7.01. The smallest absolute Gasteiger partial charge is 0.0475 e. The Morgan fingerprint density at radius 3 is 3.09 bits per heavy atom. The summed E-state index contributed by atoms with van der Waals surface area (Å²) in [5, 5.41) is 16.4. The van der Waals surface area contributed by atoms with Crippen molar-refractivity contribution in [2.45, 2.75) is 12.8 Å². The second-order valence-corrected chi connectivity index (χ2v) is 3.37. The van der Waals surface area contributed by atoms with E-state index in [0.29, 0.717) is 0 Å². The predicted octanol–water partition coefficient (Wildman–Crippen LogP) is 0.340. The predicted molar refractivity (Wildman–Crippen MR) is 45.0 cm³/mol. The van der Waals surface area contributed by atoms with Gasteiger partial charge >= 0.3 is 0 Å². The molecule has 0 aromatic rings. The van der Waals surface area contributed by atoms with Crippen molar-refractivity contribution in [2.75, 3.05) is 26.7 Å². The highest BCUT2D eigenvalue weighted by Gasteiger charge is 2.17. The first-order valence-corrected chi connectivity index (χ1v) is 4.08. The molecule has 1 rings (SSSR count).